The van der Waals surface area contributed by atoms with E-state index in [0.29, 0.717) is 10.2 Å². The third-order valence-electron chi connectivity index (χ3n) is 2.59. The summed E-state index contributed by atoms with van der Waals surface area (Å²) in [5, 5.41) is 0.728. The second-order valence-electron chi connectivity index (χ2n) is 4.34. The number of nitrogen functional groups attached to an aromatic ring is 1. The molecule has 0 bridgehead atoms. The van der Waals surface area contributed by atoms with E-state index in [2.05, 4.69) is 25.6 Å². The van der Waals surface area contributed by atoms with Crippen molar-refractivity contribution in [2.45, 2.75) is 24.8 Å². The molecule has 0 amide bonds. The maximum Gasteiger partial charge on any atom is 0.242 e. The van der Waals surface area contributed by atoms with Gasteiger partial charge in [0.25, 0.3) is 0 Å². The normalized spacial score (nSPS) is 13.3. The molecule has 8 heteroatoms. The fourth-order valence-corrected chi connectivity index (χ4v) is 4.70. The van der Waals surface area contributed by atoms with Crippen LogP contribution in [0, 0.1) is 6.92 Å². The fraction of sp³-hybridized carbons (Fsp3) is 0.250. The second-order valence-corrected chi connectivity index (χ2v) is 8.15. The Morgan fingerprint density at radius 2 is 2.15 bits per heavy atom. The Kier molecular flexibility index (Phi) is 4.48. The van der Waals surface area contributed by atoms with Gasteiger partial charge in [-0.15, -0.1) is 11.3 Å². The Hall–Kier alpha value is -0.960. The zero-order valence-corrected chi connectivity index (χ0v) is 14.1. The molecule has 0 saturated heterocycles. The minimum Gasteiger partial charge on any atom is -0.399 e. The first-order chi connectivity index (χ1) is 9.29. The molecule has 1 heterocycles. The monoisotopic (exact) mass is 375 g/mol. The van der Waals surface area contributed by atoms with E-state index in [0.717, 1.165) is 9.88 Å². The topological polar surface area (TPSA) is 85.1 Å². The average molecular weight is 376 g/mol. The van der Waals surface area contributed by atoms with Gasteiger partial charge in [0.15, 0.2) is 0 Å². The van der Waals surface area contributed by atoms with Gasteiger partial charge in [-0.05, 0) is 48.0 Å². The minimum absolute atomic E-state index is 0.123. The van der Waals surface area contributed by atoms with E-state index in [1.165, 1.54) is 17.4 Å². The van der Waals surface area contributed by atoms with Crippen LogP contribution in [0.1, 0.15) is 22.9 Å². The van der Waals surface area contributed by atoms with Crippen molar-refractivity contribution in [1.29, 1.82) is 0 Å². The number of halogens is 1. The van der Waals surface area contributed by atoms with Gasteiger partial charge in [-0.25, -0.2) is 18.1 Å². The zero-order chi connectivity index (χ0) is 14.9. The highest BCUT2D eigenvalue weighted by molar-refractivity contribution is 9.10. The van der Waals surface area contributed by atoms with Crippen molar-refractivity contribution in [3.05, 3.63) is 38.8 Å². The lowest BCUT2D eigenvalue weighted by molar-refractivity contribution is 0.566. The summed E-state index contributed by atoms with van der Waals surface area (Å²) in [5.74, 6) is 0. The average Bonchev–Trinajstić information content (AvgIpc) is 2.78. The summed E-state index contributed by atoms with van der Waals surface area (Å²) in [7, 11) is -3.66. The van der Waals surface area contributed by atoms with Crippen molar-refractivity contribution in [3.63, 3.8) is 0 Å². The molecule has 2 rings (SSSR count). The Balaban J connectivity index is 2.29. The number of aryl methyl sites for hydroxylation is 1. The van der Waals surface area contributed by atoms with Gasteiger partial charge in [0, 0.05) is 21.2 Å². The quantitative estimate of drug-likeness (QED) is 0.804. The van der Waals surface area contributed by atoms with Crippen LogP contribution in [-0.2, 0) is 10.0 Å². The zero-order valence-electron chi connectivity index (χ0n) is 10.9. The van der Waals surface area contributed by atoms with Crippen LogP contribution < -0.4 is 10.5 Å². The van der Waals surface area contributed by atoms with Gasteiger partial charge in [-0.2, -0.15) is 0 Å². The molecular weight excluding hydrogens is 362 g/mol. The molecule has 0 aliphatic heterocycles. The van der Waals surface area contributed by atoms with Crippen molar-refractivity contribution in [2.75, 3.05) is 5.73 Å². The molecule has 0 saturated carbocycles. The third-order valence-corrected chi connectivity index (χ3v) is 6.22. The molecule has 0 aliphatic carbocycles. The maximum absolute atomic E-state index is 12.4. The lowest BCUT2D eigenvalue weighted by Crippen LogP contribution is -2.27. The number of anilines is 1. The third kappa shape index (κ3) is 3.38. The summed E-state index contributed by atoms with van der Waals surface area (Å²) in [4.78, 5) is 5.35. The van der Waals surface area contributed by atoms with Crippen LogP contribution in [0.2, 0.25) is 0 Å². The van der Waals surface area contributed by atoms with Crippen molar-refractivity contribution in [3.8, 4) is 0 Å². The van der Waals surface area contributed by atoms with E-state index < -0.39 is 16.1 Å². The molecule has 20 heavy (non-hydrogen) atoms. The first kappa shape index (κ1) is 15.4. The standard InChI is InChI=1S/C12H14BrN3O2S2/c1-7-6-15-12(19-7)8(2)16-20(17,18)11-5-9(14)3-4-10(11)13/h3-6,8,16H,14H2,1-2H3. The number of hydrogen-bond acceptors (Lipinski definition) is 5. The van der Waals surface area contributed by atoms with Gasteiger partial charge in [0.05, 0.1) is 10.9 Å². The summed E-state index contributed by atoms with van der Waals surface area (Å²) < 4.78 is 27.8. The van der Waals surface area contributed by atoms with E-state index in [-0.39, 0.29) is 4.90 Å². The molecule has 1 aromatic heterocycles. The van der Waals surface area contributed by atoms with E-state index >= 15 is 0 Å². The summed E-state index contributed by atoms with van der Waals surface area (Å²) in [6.45, 7) is 3.69. The molecule has 1 atom stereocenters. The lowest BCUT2D eigenvalue weighted by atomic mass is 10.3. The molecule has 0 radical (unpaired) electrons. The van der Waals surface area contributed by atoms with Crippen LogP contribution in [0.25, 0.3) is 0 Å². The summed E-state index contributed by atoms with van der Waals surface area (Å²) in [5.41, 5.74) is 6.04. The Morgan fingerprint density at radius 3 is 2.75 bits per heavy atom. The number of thiazole rings is 1. The molecule has 0 fully saturated rings. The molecule has 1 aromatic carbocycles. The van der Waals surface area contributed by atoms with Gasteiger partial charge in [-0.1, -0.05) is 0 Å². The summed E-state index contributed by atoms with van der Waals surface area (Å²) >= 11 is 4.69. The smallest absolute Gasteiger partial charge is 0.242 e. The van der Waals surface area contributed by atoms with Gasteiger partial charge < -0.3 is 5.73 Å². The van der Waals surface area contributed by atoms with Crippen LogP contribution >= 0.6 is 27.3 Å². The highest BCUT2D eigenvalue weighted by atomic mass is 79.9. The summed E-state index contributed by atoms with van der Waals surface area (Å²) in [6, 6.07) is 4.28. The van der Waals surface area contributed by atoms with Crippen LogP contribution in [0.15, 0.2) is 33.8 Å². The lowest BCUT2D eigenvalue weighted by Gasteiger charge is -2.13. The number of benzene rings is 1. The highest BCUT2D eigenvalue weighted by Crippen LogP contribution is 2.26. The predicted octanol–water partition coefficient (Wildman–Crippen LogP) is 2.84. The van der Waals surface area contributed by atoms with Crippen molar-refractivity contribution < 1.29 is 8.42 Å². The van der Waals surface area contributed by atoms with Gasteiger partial charge in [-0.3, -0.25) is 0 Å². The minimum atomic E-state index is -3.66. The highest BCUT2D eigenvalue weighted by Gasteiger charge is 2.22. The van der Waals surface area contributed by atoms with Crippen LogP contribution in [-0.4, -0.2) is 13.4 Å². The van der Waals surface area contributed by atoms with Crippen molar-refractivity contribution in [1.82, 2.24) is 9.71 Å². The first-order valence-electron chi connectivity index (χ1n) is 5.79. The van der Waals surface area contributed by atoms with Gasteiger partial charge >= 0.3 is 0 Å². The summed E-state index contributed by atoms with van der Waals surface area (Å²) in [6.07, 6.45) is 1.72. The Morgan fingerprint density at radius 1 is 1.45 bits per heavy atom. The van der Waals surface area contributed by atoms with E-state index in [4.69, 9.17) is 5.73 Å². The van der Waals surface area contributed by atoms with E-state index in [1.807, 2.05) is 6.92 Å². The first-order valence-corrected chi connectivity index (χ1v) is 8.88. The van der Waals surface area contributed by atoms with Gasteiger partial charge in [0.2, 0.25) is 10.0 Å². The van der Waals surface area contributed by atoms with Crippen LogP contribution in [0.4, 0.5) is 5.69 Å². The molecule has 0 spiro atoms. The van der Waals surface area contributed by atoms with E-state index in [9.17, 15) is 8.42 Å². The van der Waals surface area contributed by atoms with Crippen LogP contribution in [0.3, 0.4) is 0 Å². The molecule has 0 aliphatic rings. The number of hydrogen-bond donors (Lipinski definition) is 2. The Labute approximate surface area is 130 Å². The van der Waals surface area contributed by atoms with Crippen molar-refractivity contribution >= 4 is 43.0 Å². The SMILES string of the molecule is Cc1cnc(C(C)NS(=O)(=O)c2cc(N)ccc2Br)s1. The van der Waals surface area contributed by atoms with Crippen LogP contribution in [0.5, 0.6) is 0 Å². The molecule has 108 valence electrons. The number of nitrogens with zero attached hydrogens (tertiary/aromatic N) is 1. The number of nitrogens with one attached hydrogen (secondary N) is 1. The van der Waals surface area contributed by atoms with Gasteiger partial charge in [0.1, 0.15) is 5.01 Å². The number of nitrogens with two attached hydrogens (primary N) is 1. The molecule has 3 N–H and O–H groups in total. The molecular formula is C12H14BrN3O2S2. The predicted molar refractivity (Wildman–Crippen MR) is 84.1 cm³/mol. The number of sulfonamides is 1. The number of rotatable bonds is 4. The van der Waals surface area contributed by atoms with E-state index in [1.54, 1.807) is 25.3 Å². The van der Waals surface area contributed by atoms with Crippen molar-refractivity contribution in [2.24, 2.45) is 0 Å². The number of aromatic nitrogens is 1. The molecule has 2 aromatic rings. The maximum atomic E-state index is 12.4. The molecule has 5 nitrogen and oxygen atoms in total. The largest absolute Gasteiger partial charge is 0.399 e. The molecule has 1 unspecified atom stereocenters. The second kappa shape index (κ2) is 5.80. The fourth-order valence-electron chi connectivity index (χ4n) is 1.64. The Bertz CT molecular complexity index is 728.